The predicted molar refractivity (Wildman–Crippen MR) is 79.0 cm³/mol. The third-order valence-electron chi connectivity index (χ3n) is 5.27. The van der Waals surface area contributed by atoms with E-state index in [0.29, 0.717) is 0 Å². The number of aryl methyl sites for hydroxylation is 1. The van der Waals surface area contributed by atoms with Crippen molar-refractivity contribution in [1.29, 1.82) is 0 Å². The van der Waals surface area contributed by atoms with Crippen molar-refractivity contribution in [3.8, 4) is 0 Å². The molecule has 19 heavy (non-hydrogen) atoms. The van der Waals surface area contributed by atoms with Crippen LogP contribution >= 0.6 is 0 Å². The molecule has 2 aliphatic rings. The van der Waals surface area contributed by atoms with Crippen LogP contribution in [0.25, 0.3) is 10.9 Å². The average Bonchev–Trinajstić information content (AvgIpc) is 3.12. The van der Waals surface area contributed by atoms with Gasteiger partial charge in [0.25, 0.3) is 0 Å². The predicted octanol–water partition coefficient (Wildman–Crippen LogP) is 3.46. The van der Waals surface area contributed by atoms with Gasteiger partial charge in [0.05, 0.1) is 0 Å². The molecule has 1 aromatic heterocycles. The van der Waals surface area contributed by atoms with E-state index in [1.54, 1.807) is 0 Å². The molecule has 0 amide bonds. The van der Waals surface area contributed by atoms with E-state index in [9.17, 15) is 0 Å². The van der Waals surface area contributed by atoms with Crippen molar-refractivity contribution in [3.05, 3.63) is 36.0 Å². The Hall–Kier alpha value is -1.28. The van der Waals surface area contributed by atoms with Crippen LogP contribution in [-0.4, -0.2) is 10.6 Å². The lowest BCUT2D eigenvalue weighted by Gasteiger charge is -2.22. The van der Waals surface area contributed by atoms with E-state index in [1.165, 1.54) is 42.1 Å². The second-order valence-corrected chi connectivity index (χ2v) is 6.44. The number of nitrogens with zero attached hydrogens (tertiary/aromatic N) is 1. The zero-order valence-electron chi connectivity index (χ0n) is 11.6. The molecule has 0 radical (unpaired) electrons. The van der Waals surface area contributed by atoms with Gasteiger partial charge in [-0.15, -0.1) is 0 Å². The third kappa shape index (κ3) is 1.90. The van der Waals surface area contributed by atoms with Crippen LogP contribution < -0.4 is 5.32 Å². The van der Waals surface area contributed by atoms with E-state index in [0.717, 1.165) is 24.4 Å². The Morgan fingerprint density at radius 3 is 2.89 bits per heavy atom. The van der Waals surface area contributed by atoms with Gasteiger partial charge in [-0.3, -0.25) is 0 Å². The number of rotatable bonds is 3. The zero-order chi connectivity index (χ0) is 12.8. The summed E-state index contributed by atoms with van der Waals surface area (Å²) in [6.07, 6.45) is 8.11. The van der Waals surface area contributed by atoms with Crippen LogP contribution in [0.15, 0.2) is 30.5 Å². The molecule has 2 aromatic rings. The normalized spacial score (nSPS) is 29.4. The molecule has 2 fully saturated rings. The van der Waals surface area contributed by atoms with Gasteiger partial charge in [0.2, 0.25) is 0 Å². The first-order chi connectivity index (χ1) is 9.31. The second kappa shape index (κ2) is 4.38. The molecule has 1 N–H and O–H groups in total. The van der Waals surface area contributed by atoms with Gasteiger partial charge in [-0.1, -0.05) is 24.6 Å². The van der Waals surface area contributed by atoms with E-state index >= 15 is 0 Å². The summed E-state index contributed by atoms with van der Waals surface area (Å²) in [6.45, 7) is 1.02. The Balaban J connectivity index is 1.52. The summed E-state index contributed by atoms with van der Waals surface area (Å²) >= 11 is 0. The smallest absolute Gasteiger partial charge is 0.0481 e. The molecule has 3 atom stereocenters. The van der Waals surface area contributed by atoms with Crippen LogP contribution in [0, 0.1) is 11.8 Å². The van der Waals surface area contributed by atoms with Crippen LogP contribution in [0.4, 0.5) is 0 Å². The minimum atomic E-state index is 0.776. The summed E-state index contributed by atoms with van der Waals surface area (Å²) < 4.78 is 2.24. The van der Waals surface area contributed by atoms with E-state index in [4.69, 9.17) is 0 Å². The Labute approximate surface area is 114 Å². The number of nitrogens with one attached hydrogen (secondary N) is 1. The van der Waals surface area contributed by atoms with Gasteiger partial charge in [-0.2, -0.15) is 0 Å². The topological polar surface area (TPSA) is 17.0 Å². The summed E-state index contributed by atoms with van der Waals surface area (Å²) in [4.78, 5) is 0. The van der Waals surface area contributed by atoms with Crippen LogP contribution in [0.3, 0.4) is 0 Å². The van der Waals surface area contributed by atoms with Gasteiger partial charge in [-0.05, 0) is 42.7 Å². The van der Waals surface area contributed by atoms with Crippen molar-refractivity contribution >= 4 is 10.9 Å². The van der Waals surface area contributed by atoms with Gasteiger partial charge in [0.1, 0.15) is 0 Å². The van der Waals surface area contributed by atoms with Crippen LogP contribution in [0.1, 0.15) is 31.2 Å². The van der Waals surface area contributed by atoms with Crippen molar-refractivity contribution in [2.24, 2.45) is 18.9 Å². The maximum absolute atomic E-state index is 3.82. The molecule has 0 aliphatic heterocycles. The second-order valence-electron chi connectivity index (χ2n) is 6.44. The van der Waals surface area contributed by atoms with Crippen molar-refractivity contribution in [1.82, 2.24) is 9.88 Å². The Bertz CT molecular complexity index is 598. The quantitative estimate of drug-likeness (QED) is 0.887. The maximum Gasteiger partial charge on any atom is 0.0481 e. The number of para-hydroxylation sites is 1. The van der Waals surface area contributed by atoms with Crippen LogP contribution in [0.2, 0.25) is 0 Å². The molecule has 0 saturated heterocycles. The fourth-order valence-corrected chi connectivity index (χ4v) is 4.30. The highest BCUT2D eigenvalue weighted by atomic mass is 15.0. The van der Waals surface area contributed by atoms with Crippen molar-refractivity contribution < 1.29 is 0 Å². The molecule has 100 valence electrons. The molecule has 2 nitrogen and oxygen atoms in total. The summed E-state index contributed by atoms with van der Waals surface area (Å²) in [5.74, 6) is 1.98. The molecule has 2 heteroatoms. The van der Waals surface area contributed by atoms with E-state index in [2.05, 4.69) is 47.4 Å². The monoisotopic (exact) mass is 254 g/mol. The molecular weight excluding hydrogens is 232 g/mol. The Morgan fingerprint density at radius 2 is 2.11 bits per heavy atom. The first kappa shape index (κ1) is 11.5. The zero-order valence-corrected chi connectivity index (χ0v) is 11.6. The minimum absolute atomic E-state index is 0.776. The molecule has 0 spiro atoms. The average molecular weight is 254 g/mol. The third-order valence-corrected chi connectivity index (χ3v) is 5.27. The molecular formula is C17H22N2. The van der Waals surface area contributed by atoms with Gasteiger partial charge >= 0.3 is 0 Å². The Morgan fingerprint density at radius 1 is 1.21 bits per heavy atom. The molecule has 4 rings (SSSR count). The highest BCUT2D eigenvalue weighted by Gasteiger charge is 2.38. The summed E-state index contributed by atoms with van der Waals surface area (Å²) in [5, 5.41) is 5.22. The van der Waals surface area contributed by atoms with Crippen molar-refractivity contribution in [2.75, 3.05) is 0 Å². The lowest BCUT2D eigenvalue weighted by atomic mass is 9.95. The highest BCUT2D eigenvalue weighted by Crippen LogP contribution is 2.44. The molecule has 2 bridgehead atoms. The molecule has 3 unspecified atom stereocenters. The maximum atomic E-state index is 3.82. The molecule has 2 saturated carbocycles. The number of aromatic nitrogens is 1. The molecule has 1 aromatic carbocycles. The highest BCUT2D eigenvalue weighted by molar-refractivity contribution is 5.83. The number of hydrogen-bond donors (Lipinski definition) is 1. The van der Waals surface area contributed by atoms with Gasteiger partial charge in [0.15, 0.2) is 0 Å². The minimum Gasteiger partial charge on any atom is -0.350 e. The fraction of sp³-hybridized carbons (Fsp3) is 0.529. The number of fused-ring (bicyclic) bond motifs is 3. The van der Waals surface area contributed by atoms with Gasteiger partial charge in [-0.25, -0.2) is 0 Å². The van der Waals surface area contributed by atoms with Crippen LogP contribution in [0.5, 0.6) is 0 Å². The SMILES string of the molecule is Cn1cc(CNC2CC3CCC2C3)c2ccccc21. The standard InChI is InChI=1S/C17H22N2/c1-19-11-14(15-4-2-3-5-17(15)19)10-18-16-9-12-6-7-13(16)8-12/h2-5,11-13,16,18H,6-10H2,1H3. The van der Waals surface area contributed by atoms with E-state index in [-0.39, 0.29) is 0 Å². The molecule has 2 aliphatic carbocycles. The number of benzene rings is 1. The van der Waals surface area contributed by atoms with Gasteiger partial charge in [0, 0.05) is 36.7 Å². The van der Waals surface area contributed by atoms with Crippen molar-refractivity contribution in [3.63, 3.8) is 0 Å². The van der Waals surface area contributed by atoms with Crippen molar-refractivity contribution in [2.45, 2.75) is 38.3 Å². The summed E-state index contributed by atoms with van der Waals surface area (Å²) in [6, 6.07) is 9.49. The fourth-order valence-electron chi connectivity index (χ4n) is 4.30. The van der Waals surface area contributed by atoms with Gasteiger partial charge < -0.3 is 9.88 Å². The van der Waals surface area contributed by atoms with Crippen LogP contribution in [-0.2, 0) is 13.6 Å². The first-order valence-electron chi connectivity index (χ1n) is 7.57. The number of hydrogen-bond acceptors (Lipinski definition) is 1. The summed E-state index contributed by atoms with van der Waals surface area (Å²) in [5.41, 5.74) is 2.79. The molecule has 1 heterocycles. The summed E-state index contributed by atoms with van der Waals surface area (Å²) in [7, 11) is 2.14. The van der Waals surface area contributed by atoms with E-state index < -0.39 is 0 Å². The Kier molecular flexibility index (Phi) is 2.66. The lowest BCUT2D eigenvalue weighted by Crippen LogP contribution is -2.33. The first-order valence-corrected chi connectivity index (χ1v) is 7.57. The lowest BCUT2D eigenvalue weighted by molar-refractivity contribution is 0.351. The largest absolute Gasteiger partial charge is 0.350 e. The van der Waals surface area contributed by atoms with E-state index in [1.807, 2.05) is 0 Å².